The molecule has 0 aromatic heterocycles. The lowest BCUT2D eigenvalue weighted by atomic mass is 10.2. The van der Waals surface area contributed by atoms with Crippen LogP contribution in [0.5, 0.6) is 0 Å². The minimum Gasteiger partial charge on any atom is -0.464 e. The maximum Gasteiger partial charge on any atom is 0.328 e. The van der Waals surface area contributed by atoms with Gasteiger partial charge in [0.15, 0.2) is 0 Å². The molecular formula is C14H18BrNO3. The van der Waals surface area contributed by atoms with Gasteiger partial charge in [-0.3, -0.25) is 4.79 Å². The van der Waals surface area contributed by atoms with E-state index < -0.39 is 12.0 Å². The van der Waals surface area contributed by atoms with E-state index in [0.717, 1.165) is 17.3 Å². The third-order valence-electron chi connectivity index (χ3n) is 2.53. The number of nitrogens with one attached hydrogen (secondary N) is 1. The smallest absolute Gasteiger partial charge is 0.328 e. The van der Waals surface area contributed by atoms with E-state index in [4.69, 9.17) is 4.74 Å². The highest BCUT2D eigenvalue weighted by Crippen LogP contribution is 2.11. The molecular weight excluding hydrogens is 310 g/mol. The Bertz CT molecular complexity index is 448. The third-order valence-corrected chi connectivity index (χ3v) is 3.02. The fourth-order valence-electron chi connectivity index (χ4n) is 1.41. The van der Waals surface area contributed by atoms with Gasteiger partial charge >= 0.3 is 5.97 Å². The number of ether oxygens (including phenoxy) is 1. The second kappa shape index (κ2) is 7.94. The predicted octanol–water partition coefficient (Wildman–Crippen LogP) is 2.91. The van der Waals surface area contributed by atoms with Gasteiger partial charge in [-0.1, -0.05) is 35.3 Å². The third kappa shape index (κ3) is 5.42. The van der Waals surface area contributed by atoms with Crippen molar-refractivity contribution in [3.05, 3.63) is 34.3 Å². The first-order valence-corrected chi connectivity index (χ1v) is 7.07. The van der Waals surface area contributed by atoms with Crippen molar-refractivity contribution in [3.8, 4) is 0 Å². The molecule has 0 fully saturated rings. The second-order valence-electron chi connectivity index (χ2n) is 4.23. The van der Waals surface area contributed by atoms with Crippen LogP contribution in [0.1, 0.15) is 37.0 Å². The first-order chi connectivity index (χ1) is 9.04. The van der Waals surface area contributed by atoms with Gasteiger partial charge in [0.1, 0.15) is 6.04 Å². The van der Waals surface area contributed by atoms with Crippen LogP contribution in [0.25, 0.3) is 0 Å². The zero-order valence-corrected chi connectivity index (χ0v) is 12.7. The number of esters is 1. The molecule has 1 aromatic rings. The number of hydrogen-bond donors (Lipinski definition) is 1. The Morgan fingerprint density at radius 1 is 1.42 bits per heavy atom. The molecule has 1 aromatic carbocycles. The van der Waals surface area contributed by atoms with Crippen molar-refractivity contribution in [1.29, 1.82) is 0 Å². The number of hydrogen-bond acceptors (Lipinski definition) is 3. The lowest BCUT2D eigenvalue weighted by molar-refractivity contribution is -0.145. The summed E-state index contributed by atoms with van der Waals surface area (Å²) in [5, 5.41) is 2.62. The summed E-state index contributed by atoms with van der Waals surface area (Å²) in [6, 6.07) is 6.34. The van der Waals surface area contributed by atoms with Gasteiger partial charge in [-0.2, -0.15) is 0 Å². The lowest BCUT2D eigenvalue weighted by Crippen LogP contribution is -2.39. The Hall–Kier alpha value is -1.36. The highest BCUT2D eigenvalue weighted by molar-refractivity contribution is 9.10. The van der Waals surface area contributed by atoms with Crippen LogP contribution < -0.4 is 5.32 Å². The van der Waals surface area contributed by atoms with Gasteiger partial charge in [0.05, 0.1) is 6.61 Å². The van der Waals surface area contributed by atoms with E-state index in [1.54, 1.807) is 25.1 Å². The molecule has 1 N–H and O–H groups in total. The van der Waals surface area contributed by atoms with E-state index >= 15 is 0 Å². The molecule has 0 saturated carbocycles. The van der Waals surface area contributed by atoms with Gasteiger partial charge in [0.2, 0.25) is 0 Å². The molecule has 1 rings (SSSR count). The van der Waals surface area contributed by atoms with E-state index in [9.17, 15) is 9.59 Å². The van der Waals surface area contributed by atoms with Crippen LogP contribution in [0, 0.1) is 0 Å². The molecule has 4 nitrogen and oxygen atoms in total. The minimum atomic E-state index is -0.650. The molecule has 1 amide bonds. The molecule has 104 valence electrons. The van der Waals surface area contributed by atoms with Crippen molar-refractivity contribution in [2.24, 2.45) is 0 Å². The highest BCUT2D eigenvalue weighted by atomic mass is 79.9. The molecule has 0 aliphatic heterocycles. The fourth-order valence-corrected chi connectivity index (χ4v) is 1.81. The first-order valence-electron chi connectivity index (χ1n) is 6.27. The molecule has 0 aliphatic rings. The number of rotatable bonds is 6. The number of carbonyl (C=O) groups excluding carboxylic acids is 2. The number of unbranched alkanes of at least 4 members (excludes halogenated alkanes) is 1. The van der Waals surface area contributed by atoms with E-state index in [1.807, 2.05) is 13.0 Å². The number of carbonyl (C=O) groups is 2. The quantitative estimate of drug-likeness (QED) is 0.645. The Kier molecular flexibility index (Phi) is 6.56. The van der Waals surface area contributed by atoms with Crippen LogP contribution in [-0.2, 0) is 9.53 Å². The van der Waals surface area contributed by atoms with Crippen molar-refractivity contribution in [3.63, 3.8) is 0 Å². The summed E-state index contributed by atoms with van der Waals surface area (Å²) >= 11 is 3.30. The summed E-state index contributed by atoms with van der Waals surface area (Å²) in [6.07, 6.45) is 1.80. The molecule has 1 unspecified atom stereocenters. The molecule has 5 heteroatoms. The first kappa shape index (κ1) is 15.7. The molecule has 0 spiro atoms. The zero-order chi connectivity index (χ0) is 14.3. The largest absolute Gasteiger partial charge is 0.464 e. The van der Waals surface area contributed by atoms with E-state index in [1.165, 1.54) is 0 Å². The van der Waals surface area contributed by atoms with Gasteiger partial charge in [0.25, 0.3) is 5.91 Å². The van der Waals surface area contributed by atoms with Crippen LogP contribution in [0.3, 0.4) is 0 Å². The molecule has 0 radical (unpaired) electrons. The van der Waals surface area contributed by atoms with E-state index in [-0.39, 0.29) is 5.91 Å². The van der Waals surface area contributed by atoms with Crippen LogP contribution in [-0.4, -0.2) is 24.5 Å². The lowest BCUT2D eigenvalue weighted by Gasteiger charge is -2.13. The Balaban J connectivity index is 2.49. The van der Waals surface area contributed by atoms with E-state index in [0.29, 0.717) is 12.2 Å². The Morgan fingerprint density at radius 3 is 2.79 bits per heavy atom. The van der Waals surface area contributed by atoms with Gasteiger partial charge < -0.3 is 10.1 Å². The maximum atomic E-state index is 11.9. The van der Waals surface area contributed by atoms with Crippen molar-refractivity contribution in [2.75, 3.05) is 6.61 Å². The fraction of sp³-hybridized carbons (Fsp3) is 0.429. The molecule has 0 saturated heterocycles. The van der Waals surface area contributed by atoms with Gasteiger partial charge in [0, 0.05) is 10.0 Å². The van der Waals surface area contributed by atoms with E-state index in [2.05, 4.69) is 21.2 Å². The van der Waals surface area contributed by atoms with Crippen LogP contribution >= 0.6 is 15.9 Å². The number of amides is 1. The molecule has 0 heterocycles. The van der Waals surface area contributed by atoms with Crippen molar-refractivity contribution < 1.29 is 14.3 Å². The standard InChI is InChI=1S/C14H18BrNO3/c1-3-4-8-19-14(18)10(2)16-13(17)11-6-5-7-12(15)9-11/h5-7,9-10H,3-4,8H2,1-2H3,(H,16,17). The normalized spacial score (nSPS) is 11.7. The average Bonchev–Trinajstić information content (AvgIpc) is 2.38. The highest BCUT2D eigenvalue weighted by Gasteiger charge is 2.17. The summed E-state index contributed by atoms with van der Waals surface area (Å²) < 4.78 is 5.86. The van der Waals surface area contributed by atoms with Crippen LogP contribution in [0.4, 0.5) is 0 Å². The summed E-state index contributed by atoms with van der Waals surface area (Å²) in [6.45, 7) is 4.03. The average molecular weight is 328 g/mol. The predicted molar refractivity (Wildman–Crippen MR) is 76.9 cm³/mol. The Labute approximate surface area is 121 Å². The summed E-state index contributed by atoms with van der Waals surface area (Å²) in [7, 11) is 0. The van der Waals surface area contributed by atoms with Gasteiger partial charge in [-0.15, -0.1) is 0 Å². The number of halogens is 1. The van der Waals surface area contributed by atoms with Crippen LogP contribution in [0.15, 0.2) is 28.7 Å². The SMILES string of the molecule is CCCCOC(=O)C(C)NC(=O)c1cccc(Br)c1. The van der Waals surface area contributed by atoms with Crippen molar-refractivity contribution >= 4 is 27.8 Å². The second-order valence-corrected chi connectivity index (χ2v) is 5.14. The molecule has 19 heavy (non-hydrogen) atoms. The van der Waals surface area contributed by atoms with Gasteiger partial charge in [-0.25, -0.2) is 4.79 Å². The van der Waals surface area contributed by atoms with Crippen molar-refractivity contribution in [2.45, 2.75) is 32.7 Å². The maximum absolute atomic E-state index is 11.9. The van der Waals surface area contributed by atoms with Gasteiger partial charge in [-0.05, 0) is 31.5 Å². The molecule has 0 bridgehead atoms. The van der Waals surface area contributed by atoms with Crippen LogP contribution in [0.2, 0.25) is 0 Å². The molecule has 0 aliphatic carbocycles. The number of benzene rings is 1. The summed E-state index contributed by atoms with van der Waals surface area (Å²) in [4.78, 5) is 23.5. The summed E-state index contributed by atoms with van der Waals surface area (Å²) in [5.41, 5.74) is 0.502. The monoisotopic (exact) mass is 327 g/mol. The topological polar surface area (TPSA) is 55.4 Å². The minimum absolute atomic E-state index is 0.291. The summed E-state index contributed by atoms with van der Waals surface area (Å²) in [5.74, 6) is -0.696. The zero-order valence-electron chi connectivity index (χ0n) is 11.1. The van der Waals surface area contributed by atoms with Crippen molar-refractivity contribution in [1.82, 2.24) is 5.32 Å². The molecule has 1 atom stereocenters. The Morgan fingerprint density at radius 2 is 2.16 bits per heavy atom.